The molecule has 1 fully saturated rings. The summed E-state index contributed by atoms with van der Waals surface area (Å²) < 4.78 is 6.42. The summed E-state index contributed by atoms with van der Waals surface area (Å²) in [5.41, 5.74) is 3.68. The van der Waals surface area contributed by atoms with Crippen molar-refractivity contribution in [3.8, 4) is 5.75 Å². The molecule has 31 heavy (non-hydrogen) atoms. The highest BCUT2D eigenvalue weighted by molar-refractivity contribution is 9.10. The van der Waals surface area contributed by atoms with Crippen LogP contribution in [0.15, 0.2) is 40.9 Å². The van der Waals surface area contributed by atoms with Gasteiger partial charge in [0.05, 0.1) is 13.3 Å². The second kappa shape index (κ2) is 10.9. The molecule has 0 saturated carbocycles. The maximum Gasteiger partial charge on any atom is 0.227 e. The van der Waals surface area contributed by atoms with Gasteiger partial charge in [-0.3, -0.25) is 19.4 Å². The SMILES string of the molecule is CCOc1ccc(CN2CCN(CN(C)c3ccc(Br)cc3C(=O)C=O)CC2)cc1C. The number of piperazine rings is 1. The number of carbonyl (C=O) groups is 2. The van der Waals surface area contributed by atoms with E-state index in [0.717, 1.165) is 48.6 Å². The number of anilines is 1. The fourth-order valence-electron chi connectivity index (χ4n) is 3.95. The number of aldehydes is 1. The standard InChI is InChI=1S/C24H30BrN3O3/c1-4-31-24-8-5-19(13-18(24)2)15-27-9-11-28(12-10-27)17-26(3)22-7-6-20(25)14-21(22)23(30)16-29/h5-8,13-14,16H,4,9-12,15,17H2,1-3H3. The Morgan fingerprint density at radius 2 is 1.84 bits per heavy atom. The van der Waals surface area contributed by atoms with E-state index in [0.29, 0.717) is 25.1 Å². The van der Waals surface area contributed by atoms with E-state index < -0.39 is 5.78 Å². The van der Waals surface area contributed by atoms with Crippen LogP contribution in [0.5, 0.6) is 5.75 Å². The van der Waals surface area contributed by atoms with E-state index in [1.165, 1.54) is 11.1 Å². The zero-order valence-electron chi connectivity index (χ0n) is 18.4. The van der Waals surface area contributed by atoms with Crippen molar-refractivity contribution < 1.29 is 14.3 Å². The Hall–Kier alpha value is -2.22. The van der Waals surface area contributed by atoms with Crippen LogP contribution in [-0.4, -0.2) is 68.4 Å². The van der Waals surface area contributed by atoms with Gasteiger partial charge in [0.25, 0.3) is 0 Å². The third-order valence-electron chi connectivity index (χ3n) is 5.56. The molecule has 2 aromatic rings. The highest BCUT2D eigenvalue weighted by Gasteiger charge is 2.20. The van der Waals surface area contributed by atoms with Crippen LogP contribution in [0.2, 0.25) is 0 Å². The van der Waals surface area contributed by atoms with Gasteiger partial charge in [-0.05, 0) is 49.2 Å². The first kappa shape index (κ1) is 23.4. The molecule has 7 heteroatoms. The van der Waals surface area contributed by atoms with Gasteiger partial charge in [-0.15, -0.1) is 0 Å². The Labute approximate surface area is 192 Å². The van der Waals surface area contributed by atoms with Gasteiger partial charge in [0.1, 0.15) is 5.75 Å². The number of halogens is 1. The maximum atomic E-state index is 12.0. The molecule has 0 bridgehead atoms. The average molecular weight is 488 g/mol. The molecular formula is C24H30BrN3O3. The largest absolute Gasteiger partial charge is 0.494 e. The number of nitrogens with zero attached hydrogens (tertiary/aromatic N) is 3. The van der Waals surface area contributed by atoms with Gasteiger partial charge in [0.2, 0.25) is 5.78 Å². The van der Waals surface area contributed by atoms with Gasteiger partial charge in [-0.25, -0.2) is 0 Å². The van der Waals surface area contributed by atoms with Gasteiger partial charge in [0, 0.05) is 55.5 Å². The van der Waals surface area contributed by atoms with Crippen molar-refractivity contribution in [2.45, 2.75) is 20.4 Å². The first-order valence-corrected chi connectivity index (χ1v) is 11.4. The van der Waals surface area contributed by atoms with Crippen molar-refractivity contribution in [1.82, 2.24) is 9.80 Å². The Kier molecular flexibility index (Phi) is 8.23. The molecule has 0 aromatic heterocycles. The Bertz CT molecular complexity index is 926. The number of ketones is 1. The van der Waals surface area contributed by atoms with Crippen molar-refractivity contribution in [3.05, 3.63) is 57.6 Å². The van der Waals surface area contributed by atoms with Crippen LogP contribution in [-0.2, 0) is 11.3 Å². The summed E-state index contributed by atoms with van der Waals surface area (Å²) in [5.74, 6) is 0.457. The van der Waals surface area contributed by atoms with Gasteiger partial charge in [-0.1, -0.05) is 28.1 Å². The number of Topliss-reactive ketones (excluding diaryl/α,β-unsaturated/α-hetero) is 1. The molecule has 3 rings (SSSR count). The summed E-state index contributed by atoms with van der Waals surface area (Å²) in [6.45, 7) is 10.3. The molecule has 0 amide bonds. The number of carbonyl (C=O) groups excluding carboxylic acids is 2. The zero-order chi connectivity index (χ0) is 22.4. The molecule has 0 unspecified atom stereocenters. The first-order valence-electron chi connectivity index (χ1n) is 10.6. The molecule has 2 aromatic carbocycles. The zero-order valence-corrected chi connectivity index (χ0v) is 20.0. The van der Waals surface area contributed by atoms with E-state index in [4.69, 9.17) is 4.74 Å². The summed E-state index contributed by atoms with van der Waals surface area (Å²) in [6, 6.07) is 11.9. The van der Waals surface area contributed by atoms with Crippen molar-refractivity contribution >= 4 is 33.7 Å². The molecule has 1 aliphatic heterocycles. The molecular weight excluding hydrogens is 458 g/mol. The van der Waals surface area contributed by atoms with Crippen molar-refractivity contribution in [3.63, 3.8) is 0 Å². The van der Waals surface area contributed by atoms with Crippen molar-refractivity contribution in [2.24, 2.45) is 0 Å². The minimum absolute atomic E-state index is 0.376. The molecule has 6 nitrogen and oxygen atoms in total. The third-order valence-corrected chi connectivity index (χ3v) is 6.06. The molecule has 166 valence electrons. The monoisotopic (exact) mass is 487 g/mol. The van der Waals surface area contributed by atoms with Crippen LogP contribution >= 0.6 is 15.9 Å². The summed E-state index contributed by atoms with van der Waals surface area (Å²) in [5, 5.41) is 0. The fraction of sp³-hybridized carbons (Fsp3) is 0.417. The predicted octanol–water partition coefficient (Wildman–Crippen LogP) is 3.75. The Morgan fingerprint density at radius 3 is 2.48 bits per heavy atom. The minimum atomic E-state index is -0.501. The van der Waals surface area contributed by atoms with E-state index in [2.05, 4.69) is 50.9 Å². The molecule has 0 aliphatic carbocycles. The summed E-state index contributed by atoms with van der Waals surface area (Å²) in [7, 11) is 1.96. The van der Waals surface area contributed by atoms with E-state index in [9.17, 15) is 9.59 Å². The van der Waals surface area contributed by atoms with Crippen LogP contribution in [0, 0.1) is 6.92 Å². The van der Waals surface area contributed by atoms with Crippen LogP contribution in [0.25, 0.3) is 0 Å². The lowest BCUT2D eigenvalue weighted by Gasteiger charge is -2.37. The van der Waals surface area contributed by atoms with Gasteiger partial charge >= 0.3 is 0 Å². The number of ether oxygens (including phenoxy) is 1. The number of rotatable bonds is 9. The molecule has 0 atom stereocenters. The van der Waals surface area contributed by atoms with E-state index >= 15 is 0 Å². The molecule has 1 saturated heterocycles. The second-order valence-corrected chi connectivity index (χ2v) is 8.83. The van der Waals surface area contributed by atoms with Gasteiger partial charge < -0.3 is 9.64 Å². The molecule has 0 N–H and O–H groups in total. The first-order chi connectivity index (χ1) is 14.9. The van der Waals surface area contributed by atoms with E-state index in [-0.39, 0.29) is 0 Å². The van der Waals surface area contributed by atoms with Gasteiger partial charge in [-0.2, -0.15) is 0 Å². The number of hydrogen-bond acceptors (Lipinski definition) is 6. The molecule has 0 radical (unpaired) electrons. The average Bonchev–Trinajstić information content (AvgIpc) is 2.76. The number of aryl methyl sites for hydroxylation is 1. The van der Waals surface area contributed by atoms with Crippen molar-refractivity contribution in [2.75, 3.05) is 51.4 Å². The summed E-state index contributed by atoms with van der Waals surface area (Å²) in [6.07, 6.45) is 0.376. The third kappa shape index (κ3) is 6.15. The quantitative estimate of drug-likeness (QED) is 0.305. The Morgan fingerprint density at radius 1 is 1.13 bits per heavy atom. The predicted molar refractivity (Wildman–Crippen MR) is 127 cm³/mol. The lowest BCUT2D eigenvalue weighted by molar-refractivity contribution is -0.104. The van der Waals surface area contributed by atoms with Crippen molar-refractivity contribution in [1.29, 1.82) is 0 Å². The lowest BCUT2D eigenvalue weighted by atomic mass is 10.1. The minimum Gasteiger partial charge on any atom is -0.494 e. The number of benzene rings is 2. The highest BCUT2D eigenvalue weighted by Crippen LogP contribution is 2.25. The molecule has 0 spiro atoms. The molecule has 1 aliphatic rings. The van der Waals surface area contributed by atoms with Crippen LogP contribution in [0.1, 0.15) is 28.4 Å². The summed E-state index contributed by atoms with van der Waals surface area (Å²) >= 11 is 3.38. The maximum absolute atomic E-state index is 12.0. The van der Waals surface area contributed by atoms with Gasteiger partial charge in [0.15, 0.2) is 6.29 Å². The lowest BCUT2D eigenvalue weighted by Crippen LogP contribution is -2.49. The Balaban J connectivity index is 1.55. The van der Waals surface area contributed by atoms with Crippen LogP contribution < -0.4 is 9.64 Å². The molecule has 1 heterocycles. The summed E-state index contributed by atoms with van der Waals surface area (Å²) in [4.78, 5) is 29.9. The fourth-order valence-corrected chi connectivity index (χ4v) is 4.31. The highest BCUT2D eigenvalue weighted by atomic mass is 79.9. The number of hydrogen-bond donors (Lipinski definition) is 0. The van der Waals surface area contributed by atoms with E-state index in [1.54, 1.807) is 6.07 Å². The normalized spacial score (nSPS) is 15.0. The van der Waals surface area contributed by atoms with E-state index in [1.807, 2.05) is 31.0 Å². The second-order valence-electron chi connectivity index (χ2n) is 7.91. The van der Waals surface area contributed by atoms with Crippen LogP contribution in [0.3, 0.4) is 0 Å². The smallest absolute Gasteiger partial charge is 0.227 e. The topological polar surface area (TPSA) is 53.1 Å². The van der Waals surface area contributed by atoms with Crippen LogP contribution in [0.4, 0.5) is 5.69 Å².